The minimum atomic E-state index is -0.564. The Morgan fingerprint density at radius 3 is 2.70 bits per heavy atom. The topological polar surface area (TPSA) is 92.2 Å². The highest BCUT2D eigenvalue weighted by Gasteiger charge is 2.30. The molecule has 1 aromatic rings. The van der Waals surface area contributed by atoms with E-state index < -0.39 is 11.8 Å². The smallest absolute Gasteiger partial charge is 0.288 e. The first-order valence-corrected chi connectivity index (χ1v) is 5.96. The summed E-state index contributed by atoms with van der Waals surface area (Å²) in [6, 6.07) is 7.17. The van der Waals surface area contributed by atoms with Crippen LogP contribution in [0.15, 0.2) is 34.5 Å². The van der Waals surface area contributed by atoms with Crippen LogP contribution in [0.3, 0.4) is 0 Å². The number of nitrogens with zero attached hydrogens (tertiary/aromatic N) is 2. The normalized spacial score (nSPS) is 17.8. The lowest BCUT2D eigenvalue weighted by Gasteiger charge is -2.02. The van der Waals surface area contributed by atoms with Gasteiger partial charge in [0.25, 0.3) is 5.91 Å². The van der Waals surface area contributed by atoms with E-state index in [0.717, 1.165) is 11.3 Å². The summed E-state index contributed by atoms with van der Waals surface area (Å²) in [6.45, 7) is 1.61. The monoisotopic (exact) mass is 274 g/mol. The second-order valence-corrected chi connectivity index (χ2v) is 4.17. The molecule has 0 fully saturated rings. The summed E-state index contributed by atoms with van der Waals surface area (Å²) in [5, 5.41) is 7.48. The molecule has 7 heteroatoms. The summed E-state index contributed by atoms with van der Waals surface area (Å²) in [7, 11) is 1.59. The van der Waals surface area contributed by atoms with Gasteiger partial charge in [-0.15, -0.1) is 0 Å². The first kappa shape index (κ1) is 13.7. The van der Waals surface area contributed by atoms with E-state index in [9.17, 15) is 9.59 Å². The van der Waals surface area contributed by atoms with Crippen molar-refractivity contribution in [2.45, 2.75) is 6.92 Å². The molecule has 1 aromatic carbocycles. The molecule has 0 radical (unpaired) electrons. The van der Waals surface area contributed by atoms with Gasteiger partial charge in [-0.3, -0.25) is 9.59 Å². The molecule has 0 bridgehead atoms. The molecule has 1 heterocycles. The van der Waals surface area contributed by atoms with Crippen molar-refractivity contribution in [3.05, 3.63) is 29.8 Å². The van der Waals surface area contributed by atoms with Crippen LogP contribution in [0.1, 0.15) is 12.5 Å². The van der Waals surface area contributed by atoms with Crippen molar-refractivity contribution in [3.8, 4) is 5.75 Å². The van der Waals surface area contributed by atoms with Crippen LogP contribution >= 0.6 is 0 Å². The van der Waals surface area contributed by atoms with E-state index in [0.29, 0.717) is 0 Å². The summed E-state index contributed by atoms with van der Waals surface area (Å²) >= 11 is 0. The molecular formula is C13H14N4O3. The third-order valence-electron chi connectivity index (χ3n) is 2.82. The van der Waals surface area contributed by atoms with Crippen LogP contribution in [0.2, 0.25) is 0 Å². The largest absolute Gasteiger partial charge is 0.497 e. The Balaban J connectivity index is 1.92. The molecule has 0 aliphatic carbocycles. The van der Waals surface area contributed by atoms with Crippen molar-refractivity contribution in [2.24, 2.45) is 16.1 Å². The Bertz CT molecular complexity index is 578. The molecule has 2 rings (SSSR count). The van der Waals surface area contributed by atoms with Gasteiger partial charge >= 0.3 is 0 Å². The summed E-state index contributed by atoms with van der Waals surface area (Å²) in [4.78, 5) is 22.9. The Kier molecular flexibility index (Phi) is 4.09. The first-order valence-electron chi connectivity index (χ1n) is 5.96. The van der Waals surface area contributed by atoms with E-state index in [1.807, 2.05) is 0 Å². The van der Waals surface area contributed by atoms with Gasteiger partial charge in [-0.1, -0.05) is 0 Å². The lowest BCUT2D eigenvalue weighted by Crippen LogP contribution is -2.32. The van der Waals surface area contributed by atoms with Crippen LogP contribution in [0.25, 0.3) is 0 Å². The van der Waals surface area contributed by atoms with Gasteiger partial charge in [-0.05, 0) is 36.8 Å². The molecule has 1 atom stereocenters. The Morgan fingerprint density at radius 2 is 2.15 bits per heavy atom. The number of hydrogen-bond acceptors (Lipinski definition) is 5. The minimum absolute atomic E-state index is 0.127. The highest BCUT2D eigenvalue weighted by atomic mass is 16.5. The molecule has 2 N–H and O–H groups in total. The number of methoxy groups -OCH3 is 1. The molecule has 1 aliphatic rings. The van der Waals surface area contributed by atoms with E-state index in [-0.39, 0.29) is 11.6 Å². The lowest BCUT2D eigenvalue weighted by molar-refractivity contribution is -0.122. The molecule has 0 spiro atoms. The summed E-state index contributed by atoms with van der Waals surface area (Å²) < 4.78 is 5.03. The predicted octanol–water partition coefficient (Wildman–Crippen LogP) is 0.267. The molecule has 104 valence electrons. The molecule has 2 amide bonds. The van der Waals surface area contributed by atoms with E-state index >= 15 is 0 Å². The fourth-order valence-corrected chi connectivity index (χ4v) is 1.59. The third kappa shape index (κ3) is 3.00. The molecule has 0 aromatic heterocycles. The lowest BCUT2D eigenvalue weighted by atomic mass is 10.1. The van der Waals surface area contributed by atoms with Crippen molar-refractivity contribution in [2.75, 3.05) is 7.11 Å². The molecular weight excluding hydrogens is 260 g/mol. The standard InChI is InChI=1S/C13H14N4O3/c1-8-11(15-17-12(8)18)13(19)16-14-7-9-3-5-10(20-2)6-4-9/h3-8H,1-2H3,(H,16,19)(H,17,18)/b14-7+. The van der Waals surface area contributed by atoms with Gasteiger partial charge in [0.15, 0.2) is 0 Å². The second kappa shape index (κ2) is 5.96. The van der Waals surface area contributed by atoms with Crippen LogP contribution in [-0.4, -0.2) is 30.9 Å². The molecule has 7 nitrogen and oxygen atoms in total. The van der Waals surface area contributed by atoms with E-state index in [4.69, 9.17) is 4.74 Å². The number of rotatable bonds is 4. The van der Waals surface area contributed by atoms with Gasteiger partial charge < -0.3 is 4.74 Å². The highest BCUT2D eigenvalue weighted by molar-refractivity contribution is 6.44. The zero-order valence-electron chi connectivity index (χ0n) is 11.1. The molecule has 1 aliphatic heterocycles. The number of benzene rings is 1. The SMILES string of the molecule is COc1ccc(/C=N/NC(=O)C2=NNC(=O)C2C)cc1. The predicted molar refractivity (Wildman–Crippen MR) is 73.5 cm³/mol. The van der Waals surface area contributed by atoms with Crippen molar-refractivity contribution in [1.82, 2.24) is 10.9 Å². The number of amides is 2. The van der Waals surface area contributed by atoms with Gasteiger partial charge in [0, 0.05) is 0 Å². The maximum absolute atomic E-state index is 11.7. The number of carbonyl (C=O) groups excluding carboxylic acids is 2. The van der Waals surface area contributed by atoms with Crippen LogP contribution < -0.4 is 15.6 Å². The zero-order valence-corrected chi connectivity index (χ0v) is 11.1. The number of hydrazone groups is 2. The first-order chi connectivity index (χ1) is 9.61. The quantitative estimate of drug-likeness (QED) is 0.609. The zero-order chi connectivity index (χ0) is 14.5. The average molecular weight is 274 g/mol. The average Bonchev–Trinajstić information content (AvgIpc) is 2.80. The number of carbonyl (C=O) groups is 2. The number of hydrogen-bond donors (Lipinski definition) is 2. The Morgan fingerprint density at radius 1 is 1.45 bits per heavy atom. The van der Waals surface area contributed by atoms with Crippen LogP contribution in [0.4, 0.5) is 0 Å². The Hall–Kier alpha value is -2.70. The number of ether oxygens (including phenoxy) is 1. The number of nitrogens with one attached hydrogen (secondary N) is 2. The van der Waals surface area contributed by atoms with Gasteiger partial charge in [0.1, 0.15) is 11.5 Å². The van der Waals surface area contributed by atoms with Gasteiger partial charge in [0.05, 0.1) is 19.2 Å². The van der Waals surface area contributed by atoms with Crippen LogP contribution in [0.5, 0.6) is 5.75 Å². The van der Waals surface area contributed by atoms with Crippen molar-refractivity contribution in [3.63, 3.8) is 0 Å². The van der Waals surface area contributed by atoms with Crippen LogP contribution in [0, 0.1) is 5.92 Å². The minimum Gasteiger partial charge on any atom is -0.497 e. The summed E-state index contributed by atoms with van der Waals surface area (Å²) in [5.74, 6) is -0.619. The maximum Gasteiger partial charge on any atom is 0.288 e. The van der Waals surface area contributed by atoms with E-state index in [1.54, 1.807) is 38.3 Å². The molecule has 1 unspecified atom stereocenters. The van der Waals surface area contributed by atoms with Crippen LogP contribution in [-0.2, 0) is 9.59 Å². The molecule has 0 saturated heterocycles. The van der Waals surface area contributed by atoms with Gasteiger partial charge in [0.2, 0.25) is 5.91 Å². The van der Waals surface area contributed by atoms with Crippen molar-refractivity contribution >= 4 is 23.7 Å². The Labute approximate surface area is 115 Å². The van der Waals surface area contributed by atoms with Crippen molar-refractivity contribution < 1.29 is 14.3 Å². The third-order valence-corrected chi connectivity index (χ3v) is 2.82. The van der Waals surface area contributed by atoms with E-state index in [1.165, 1.54) is 6.21 Å². The fraction of sp³-hybridized carbons (Fsp3) is 0.231. The van der Waals surface area contributed by atoms with Gasteiger partial charge in [-0.25, -0.2) is 10.9 Å². The molecule has 20 heavy (non-hydrogen) atoms. The summed E-state index contributed by atoms with van der Waals surface area (Å²) in [5.41, 5.74) is 5.51. The maximum atomic E-state index is 11.7. The van der Waals surface area contributed by atoms with Gasteiger partial charge in [-0.2, -0.15) is 10.2 Å². The second-order valence-electron chi connectivity index (χ2n) is 4.17. The van der Waals surface area contributed by atoms with Crippen molar-refractivity contribution in [1.29, 1.82) is 0 Å². The fourth-order valence-electron chi connectivity index (χ4n) is 1.59. The summed E-state index contributed by atoms with van der Waals surface area (Å²) in [6.07, 6.45) is 1.49. The highest BCUT2D eigenvalue weighted by Crippen LogP contribution is 2.09. The molecule has 0 saturated carbocycles. The van der Waals surface area contributed by atoms with E-state index in [2.05, 4.69) is 21.1 Å².